The number of ether oxygens (including phenoxy) is 1. The third-order valence-electron chi connectivity index (χ3n) is 1.96. The fourth-order valence-corrected chi connectivity index (χ4v) is 1.25. The average Bonchev–Trinajstić information content (AvgIpc) is 2.27. The number of rotatable bonds is 5. The van der Waals surface area contributed by atoms with Crippen LogP contribution < -0.4 is 10.1 Å². The second-order valence-electron chi connectivity index (χ2n) is 3.44. The maximum absolute atomic E-state index is 11.9. The van der Waals surface area contributed by atoms with Crippen LogP contribution in [-0.4, -0.2) is 30.5 Å². The molecule has 18 heavy (non-hydrogen) atoms. The van der Waals surface area contributed by atoms with E-state index in [9.17, 15) is 18.0 Å². The number of hydrogen-bond donors (Lipinski definition) is 2. The molecule has 100 valence electrons. The molecule has 1 aromatic carbocycles. The Balaban J connectivity index is 2.52. The van der Waals surface area contributed by atoms with Gasteiger partial charge in [0.1, 0.15) is 5.75 Å². The van der Waals surface area contributed by atoms with E-state index in [1.165, 1.54) is 12.1 Å². The molecule has 1 rings (SSSR count). The summed E-state index contributed by atoms with van der Waals surface area (Å²) >= 11 is 0. The molecular formula is C11H12F3NO3. The lowest BCUT2D eigenvalue weighted by atomic mass is 10.1. The molecule has 0 aliphatic carbocycles. The minimum absolute atomic E-state index is 0.0340. The van der Waals surface area contributed by atoms with E-state index in [1.807, 2.05) is 0 Å². The quantitative estimate of drug-likeness (QED) is 0.840. The molecule has 0 radical (unpaired) electrons. The van der Waals surface area contributed by atoms with Crippen molar-refractivity contribution in [2.45, 2.75) is 12.8 Å². The van der Waals surface area contributed by atoms with Crippen LogP contribution in [0, 0.1) is 0 Å². The lowest BCUT2D eigenvalue weighted by Crippen LogP contribution is -2.27. The van der Waals surface area contributed by atoms with Crippen LogP contribution >= 0.6 is 0 Å². The van der Waals surface area contributed by atoms with Gasteiger partial charge in [0, 0.05) is 6.54 Å². The number of benzene rings is 1. The largest absolute Gasteiger partial charge is 0.573 e. The topological polar surface area (TPSA) is 58.6 Å². The van der Waals surface area contributed by atoms with Gasteiger partial charge in [0.25, 0.3) is 0 Å². The van der Waals surface area contributed by atoms with E-state index in [1.54, 1.807) is 0 Å². The highest BCUT2D eigenvalue weighted by molar-refractivity contribution is 5.78. The second-order valence-corrected chi connectivity index (χ2v) is 3.44. The number of aliphatic hydroxyl groups is 1. The van der Waals surface area contributed by atoms with E-state index in [0.717, 1.165) is 12.1 Å². The number of halogens is 3. The highest BCUT2D eigenvalue weighted by Crippen LogP contribution is 2.22. The van der Waals surface area contributed by atoms with Gasteiger partial charge in [0.15, 0.2) is 0 Å². The van der Waals surface area contributed by atoms with Crippen molar-refractivity contribution in [3.8, 4) is 5.75 Å². The molecule has 2 N–H and O–H groups in total. The van der Waals surface area contributed by atoms with Crippen LogP contribution in [-0.2, 0) is 11.2 Å². The normalized spacial score (nSPS) is 11.1. The van der Waals surface area contributed by atoms with Crippen LogP contribution in [0.4, 0.5) is 13.2 Å². The number of amides is 1. The first-order valence-electron chi connectivity index (χ1n) is 5.13. The maximum atomic E-state index is 11.9. The van der Waals surface area contributed by atoms with Crippen LogP contribution in [0.1, 0.15) is 5.56 Å². The van der Waals surface area contributed by atoms with Crippen LogP contribution in [0.25, 0.3) is 0 Å². The number of carbonyl (C=O) groups excluding carboxylic acids is 1. The van der Waals surface area contributed by atoms with Gasteiger partial charge in [0.05, 0.1) is 13.0 Å². The van der Waals surface area contributed by atoms with Gasteiger partial charge >= 0.3 is 6.36 Å². The Morgan fingerprint density at radius 3 is 2.39 bits per heavy atom. The third kappa shape index (κ3) is 5.53. The summed E-state index contributed by atoms with van der Waals surface area (Å²) in [5.41, 5.74) is 0.556. The van der Waals surface area contributed by atoms with Gasteiger partial charge < -0.3 is 15.2 Å². The van der Waals surface area contributed by atoms with Crippen molar-refractivity contribution in [3.63, 3.8) is 0 Å². The Morgan fingerprint density at radius 1 is 1.28 bits per heavy atom. The molecule has 0 aliphatic heterocycles. The van der Waals surface area contributed by atoms with E-state index in [-0.39, 0.29) is 31.2 Å². The zero-order valence-corrected chi connectivity index (χ0v) is 9.33. The molecule has 0 atom stereocenters. The fourth-order valence-electron chi connectivity index (χ4n) is 1.25. The number of hydrogen-bond acceptors (Lipinski definition) is 3. The van der Waals surface area contributed by atoms with Gasteiger partial charge in [-0.15, -0.1) is 13.2 Å². The van der Waals surface area contributed by atoms with Gasteiger partial charge in [-0.05, 0) is 17.7 Å². The molecule has 0 saturated heterocycles. The SMILES string of the molecule is O=C(Cc1ccc(OC(F)(F)F)cc1)NCCO. The minimum atomic E-state index is -4.72. The highest BCUT2D eigenvalue weighted by atomic mass is 19.4. The molecule has 0 spiro atoms. The summed E-state index contributed by atoms with van der Waals surface area (Å²) in [7, 11) is 0. The number of aliphatic hydroxyl groups excluding tert-OH is 1. The van der Waals surface area contributed by atoms with Crippen LogP contribution in [0.3, 0.4) is 0 Å². The molecule has 0 bridgehead atoms. The molecule has 0 aliphatic rings. The molecule has 1 amide bonds. The Labute approximate surface area is 101 Å². The molecule has 0 saturated carbocycles. The van der Waals surface area contributed by atoms with E-state index in [2.05, 4.69) is 10.1 Å². The lowest BCUT2D eigenvalue weighted by molar-refractivity contribution is -0.274. The van der Waals surface area contributed by atoms with Crippen molar-refractivity contribution in [2.24, 2.45) is 0 Å². The van der Waals surface area contributed by atoms with E-state index in [4.69, 9.17) is 5.11 Å². The predicted octanol–water partition coefficient (Wildman–Crippen LogP) is 1.24. The molecule has 0 fully saturated rings. The first kappa shape index (κ1) is 14.3. The summed E-state index contributed by atoms with van der Waals surface area (Å²) < 4.78 is 39.3. The number of carbonyl (C=O) groups is 1. The zero-order chi connectivity index (χ0) is 13.6. The Morgan fingerprint density at radius 2 is 1.89 bits per heavy atom. The van der Waals surface area contributed by atoms with E-state index < -0.39 is 6.36 Å². The van der Waals surface area contributed by atoms with Gasteiger partial charge in [-0.25, -0.2) is 0 Å². The summed E-state index contributed by atoms with van der Waals surface area (Å²) in [5, 5.41) is 10.9. The number of nitrogens with one attached hydrogen (secondary N) is 1. The summed E-state index contributed by atoms with van der Waals surface area (Å²) in [6.45, 7) is -0.0157. The fraction of sp³-hybridized carbons (Fsp3) is 0.364. The zero-order valence-electron chi connectivity index (χ0n) is 9.33. The molecule has 0 aromatic heterocycles. The summed E-state index contributed by atoms with van der Waals surface area (Å²) in [6.07, 6.45) is -4.69. The lowest BCUT2D eigenvalue weighted by Gasteiger charge is -2.09. The van der Waals surface area contributed by atoms with Crippen molar-refractivity contribution in [2.75, 3.05) is 13.2 Å². The van der Waals surface area contributed by atoms with Gasteiger partial charge in [-0.3, -0.25) is 4.79 Å². The van der Waals surface area contributed by atoms with Crippen LogP contribution in [0.15, 0.2) is 24.3 Å². The molecule has 4 nitrogen and oxygen atoms in total. The highest BCUT2D eigenvalue weighted by Gasteiger charge is 2.30. The first-order chi connectivity index (χ1) is 8.40. The Hall–Kier alpha value is -1.76. The van der Waals surface area contributed by atoms with Crippen molar-refractivity contribution in [1.29, 1.82) is 0 Å². The van der Waals surface area contributed by atoms with Crippen molar-refractivity contribution < 1.29 is 27.8 Å². The van der Waals surface area contributed by atoms with Crippen LogP contribution in [0.2, 0.25) is 0 Å². The first-order valence-corrected chi connectivity index (χ1v) is 5.13. The smallest absolute Gasteiger partial charge is 0.406 e. The predicted molar refractivity (Wildman–Crippen MR) is 56.9 cm³/mol. The molecule has 0 heterocycles. The summed E-state index contributed by atoms with van der Waals surface area (Å²) in [6, 6.07) is 5.03. The third-order valence-corrected chi connectivity index (χ3v) is 1.96. The second kappa shape index (κ2) is 6.25. The Bertz CT molecular complexity index is 390. The van der Waals surface area contributed by atoms with Gasteiger partial charge in [-0.1, -0.05) is 12.1 Å². The van der Waals surface area contributed by atoms with Gasteiger partial charge in [0.2, 0.25) is 5.91 Å². The van der Waals surface area contributed by atoms with E-state index >= 15 is 0 Å². The standard InChI is InChI=1S/C11H12F3NO3/c12-11(13,14)18-9-3-1-8(2-4-9)7-10(17)15-5-6-16/h1-4,16H,5-7H2,(H,15,17). The van der Waals surface area contributed by atoms with Crippen molar-refractivity contribution in [1.82, 2.24) is 5.32 Å². The van der Waals surface area contributed by atoms with Gasteiger partial charge in [-0.2, -0.15) is 0 Å². The summed E-state index contributed by atoms with van der Waals surface area (Å²) in [5.74, 6) is -0.643. The Kier molecular flexibility index (Phi) is 4.96. The monoisotopic (exact) mass is 263 g/mol. The minimum Gasteiger partial charge on any atom is -0.406 e. The van der Waals surface area contributed by atoms with E-state index in [0.29, 0.717) is 5.56 Å². The molecule has 1 aromatic rings. The number of alkyl halides is 3. The van der Waals surface area contributed by atoms with Crippen LogP contribution in [0.5, 0.6) is 5.75 Å². The molecular weight excluding hydrogens is 251 g/mol. The van der Waals surface area contributed by atoms with Crippen molar-refractivity contribution >= 4 is 5.91 Å². The molecule has 7 heteroatoms. The molecule has 0 unspecified atom stereocenters. The maximum Gasteiger partial charge on any atom is 0.573 e. The van der Waals surface area contributed by atoms with Crippen molar-refractivity contribution in [3.05, 3.63) is 29.8 Å². The average molecular weight is 263 g/mol. The summed E-state index contributed by atoms with van der Waals surface area (Å²) in [4.78, 5) is 11.3.